The van der Waals surface area contributed by atoms with Gasteiger partial charge in [-0.05, 0) is 30.7 Å². The highest BCUT2D eigenvalue weighted by Crippen LogP contribution is 2.13. The molecule has 4 heteroatoms. The third-order valence-corrected chi connectivity index (χ3v) is 2.76. The maximum absolute atomic E-state index is 10.6. The van der Waals surface area contributed by atoms with Gasteiger partial charge in [-0.2, -0.15) is 0 Å². The van der Waals surface area contributed by atoms with Crippen molar-refractivity contribution in [2.75, 3.05) is 17.2 Å². The number of unbranched alkanes of at least 4 members (excludes halogenated alkanes) is 4. The molecule has 0 fully saturated rings. The second-order valence-corrected chi connectivity index (χ2v) is 4.41. The van der Waals surface area contributed by atoms with Gasteiger partial charge in [-0.15, -0.1) is 0 Å². The summed E-state index contributed by atoms with van der Waals surface area (Å²) in [5.41, 5.74) is 6.82. The van der Waals surface area contributed by atoms with Gasteiger partial charge in [-0.25, -0.2) is 4.79 Å². The van der Waals surface area contributed by atoms with Crippen LogP contribution in [0.15, 0.2) is 24.3 Å². The Morgan fingerprint density at radius 2 is 1.67 bits per heavy atom. The molecule has 0 spiro atoms. The van der Waals surface area contributed by atoms with Crippen molar-refractivity contribution in [2.24, 2.45) is 5.73 Å². The molecule has 1 aromatic rings. The molecule has 0 bridgehead atoms. The van der Waals surface area contributed by atoms with Gasteiger partial charge in [0.05, 0.1) is 0 Å². The molecule has 0 radical (unpaired) electrons. The summed E-state index contributed by atoms with van der Waals surface area (Å²) in [6.45, 7) is 3.21. The summed E-state index contributed by atoms with van der Waals surface area (Å²) >= 11 is 0. The predicted molar refractivity (Wildman–Crippen MR) is 76.9 cm³/mol. The Morgan fingerprint density at radius 1 is 1.06 bits per heavy atom. The molecule has 0 saturated carbocycles. The van der Waals surface area contributed by atoms with Gasteiger partial charge in [-0.3, -0.25) is 0 Å². The Hall–Kier alpha value is -1.71. The summed E-state index contributed by atoms with van der Waals surface area (Å²) in [5.74, 6) is 0. The molecule has 4 N–H and O–H groups in total. The van der Waals surface area contributed by atoms with Crippen LogP contribution in [0.4, 0.5) is 16.2 Å². The molecule has 4 nitrogen and oxygen atoms in total. The van der Waals surface area contributed by atoms with Crippen molar-refractivity contribution >= 4 is 17.4 Å². The Morgan fingerprint density at radius 3 is 2.28 bits per heavy atom. The number of benzene rings is 1. The zero-order chi connectivity index (χ0) is 13.2. The average Bonchev–Trinajstić information content (AvgIpc) is 2.35. The van der Waals surface area contributed by atoms with Crippen molar-refractivity contribution in [1.82, 2.24) is 0 Å². The molecule has 0 aliphatic heterocycles. The SMILES string of the molecule is CCCCCCCNc1ccc(NC(N)=O)cc1. The maximum Gasteiger partial charge on any atom is 0.316 e. The summed E-state index contributed by atoms with van der Waals surface area (Å²) in [6.07, 6.45) is 6.40. The van der Waals surface area contributed by atoms with Gasteiger partial charge in [0.15, 0.2) is 0 Å². The van der Waals surface area contributed by atoms with Crippen LogP contribution in [0.2, 0.25) is 0 Å². The molecular formula is C14H23N3O. The fraction of sp³-hybridized carbons (Fsp3) is 0.500. The molecule has 18 heavy (non-hydrogen) atoms. The van der Waals surface area contributed by atoms with Crippen molar-refractivity contribution < 1.29 is 4.79 Å². The van der Waals surface area contributed by atoms with Crippen LogP contribution in [0.3, 0.4) is 0 Å². The van der Waals surface area contributed by atoms with Crippen LogP contribution >= 0.6 is 0 Å². The van der Waals surface area contributed by atoms with Crippen LogP contribution in [0.1, 0.15) is 39.0 Å². The van der Waals surface area contributed by atoms with E-state index in [1.165, 1.54) is 32.1 Å². The lowest BCUT2D eigenvalue weighted by Gasteiger charge is -2.07. The molecule has 0 aliphatic rings. The third-order valence-electron chi connectivity index (χ3n) is 2.76. The first kappa shape index (κ1) is 14.4. The second kappa shape index (κ2) is 8.39. The van der Waals surface area contributed by atoms with Gasteiger partial charge in [0.1, 0.15) is 0 Å². The maximum atomic E-state index is 10.6. The highest BCUT2D eigenvalue weighted by Gasteiger charge is 1.96. The first-order valence-electron chi connectivity index (χ1n) is 6.62. The number of urea groups is 1. The van der Waals surface area contributed by atoms with Crippen LogP contribution in [0.25, 0.3) is 0 Å². The molecule has 0 unspecified atom stereocenters. The molecule has 0 heterocycles. The number of rotatable bonds is 8. The molecule has 0 aliphatic carbocycles. The fourth-order valence-corrected chi connectivity index (χ4v) is 1.77. The number of carbonyl (C=O) groups is 1. The normalized spacial score (nSPS) is 10.1. The summed E-state index contributed by atoms with van der Waals surface area (Å²) in [7, 11) is 0. The van der Waals surface area contributed by atoms with Gasteiger partial charge in [0.2, 0.25) is 0 Å². The molecule has 100 valence electrons. The van der Waals surface area contributed by atoms with Crippen molar-refractivity contribution in [3.05, 3.63) is 24.3 Å². The fourth-order valence-electron chi connectivity index (χ4n) is 1.77. The molecular weight excluding hydrogens is 226 g/mol. The minimum absolute atomic E-state index is 0.536. The number of carbonyl (C=O) groups excluding carboxylic acids is 1. The van der Waals surface area contributed by atoms with Gasteiger partial charge in [0.25, 0.3) is 0 Å². The van der Waals surface area contributed by atoms with Crippen molar-refractivity contribution in [1.29, 1.82) is 0 Å². The summed E-state index contributed by atoms with van der Waals surface area (Å²) < 4.78 is 0. The van der Waals surface area contributed by atoms with E-state index in [4.69, 9.17) is 5.73 Å². The average molecular weight is 249 g/mol. The Labute approximate surface area is 109 Å². The largest absolute Gasteiger partial charge is 0.385 e. The lowest BCUT2D eigenvalue weighted by molar-refractivity contribution is 0.259. The Balaban J connectivity index is 2.20. The number of hydrogen-bond acceptors (Lipinski definition) is 2. The second-order valence-electron chi connectivity index (χ2n) is 4.41. The van der Waals surface area contributed by atoms with E-state index in [0.29, 0.717) is 0 Å². The summed E-state index contributed by atoms with van der Waals surface area (Å²) in [5, 5.41) is 5.89. The first-order chi connectivity index (χ1) is 8.72. The first-order valence-corrected chi connectivity index (χ1v) is 6.62. The number of primary amides is 1. The minimum Gasteiger partial charge on any atom is -0.385 e. The highest BCUT2D eigenvalue weighted by molar-refractivity contribution is 5.87. The van der Waals surface area contributed by atoms with E-state index in [2.05, 4.69) is 17.6 Å². The molecule has 0 saturated heterocycles. The lowest BCUT2D eigenvalue weighted by Crippen LogP contribution is -2.19. The predicted octanol–water partition coefficient (Wildman–Crippen LogP) is 3.56. The summed E-state index contributed by atoms with van der Waals surface area (Å²) in [6, 6.07) is 7.02. The number of anilines is 2. The van der Waals surface area contributed by atoms with Gasteiger partial charge < -0.3 is 16.4 Å². The van der Waals surface area contributed by atoms with Crippen molar-refractivity contribution in [2.45, 2.75) is 39.0 Å². The molecule has 1 aromatic carbocycles. The minimum atomic E-state index is -0.536. The monoisotopic (exact) mass is 249 g/mol. The molecule has 2 amide bonds. The highest BCUT2D eigenvalue weighted by atomic mass is 16.2. The zero-order valence-electron chi connectivity index (χ0n) is 11.0. The number of nitrogens with one attached hydrogen (secondary N) is 2. The summed E-state index contributed by atoms with van der Waals surface area (Å²) in [4.78, 5) is 10.6. The van der Waals surface area contributed by atoms with Crippen molar-refractivity contribution in [3.63, 3.8) is 0 Å². The zero-order valence-corrected chi connectivity index (χ0v) is 11.0. The molecule has 0 atom stereocenters. The lowest BCUT2D eigenvalue weighted by atomic mass is 10.1. The van der Waals surface area contributed by atoms with E-state index in [9.17, 15) is 4.79 Å². The topological polar surface area (TPSA) is 67.2 Å². The third kappa shape index (κ3) is 6.13. The van der Waals surface area contributed by atoms with E-state index in [-0.39, 0.29) is 0 Å². The van der Waals surface area contributed by atoms with Crippen LogP contribution in [0.5, 0.6) is 0 Å². The Bertz CT molecular complexity index is 349. The van der Waals surface area contributed by atoms with E-state index >= 15 is 0 Å². The molecule has 1 rings (SSSR count). The quantitative estimate of drug-likeness (QED) is 0.617. The van der Waals surface area contributed by atoms with E-state index in [1.54, 1.807) is 0 Å². The van der Waals surface area contributed by atoms with Crippen LogP contribution in [-0.2, 0) is 0 Å². The number of amides is 2. The van der Waals surface area contributed by atoms with E-state index in [1.807, 2.05) is 24.3 Å². The van der Waals surface area contributed by atoms with E-state index in [0.717, 1.165) is 17.9 Å². The van der Waals surface area contributed by atoms with Crippen LogP contribution in [-0.4, -0.2) is 12.6 Å². The number of hydrogen-bond donors (Lipinski definition) is 3. The van der Waals surface area contributed by atoms with E-state index < -0.39 is 6.03 Å². The van der Waals surface area contributed by atoms with Crippen molar-refractivity contribution in [3.8, 4) is 0 Å². The standard InChI is InChI=1S/C14H23N3O/c1-2-3-4-5-6-11-16-12-7-9-13(10-8-12)17-14(15)18/h7-10,16H,2-6,11H2,1H3,(H3,15,17,18). The van der Waals surface area contributed by atoms with Gasteiger partial charge >= 0.3 is 6.03 Å². The van der Waals surface area contributed by atoms with Crippen LogP contribution < -0.4 is 16.4 Å². The van der Waals surface area contributed by atoms with Crippen LogP contribution in [0, 0.1) is 0 Å². The smallest absolute Gasteiger partial charge is 0.316 e. The van der Waals surface area contributed by atoms with Gasteiger partial charge in [0, 0.05) is 17.9 Å². The Kier molecular flexibility index (Phi) is 6.69. The molecule has 0 aromatic heterocycles. The number of nitrogens with two attached hydrogens (primary N) is 1. The van der Waals surface area contributed by atoms with Gasteiger partial charge in [-0.1, -0.05) is 32.6 Å².